The van der Waals surface area contributed by atoms with E-state index in [1.54, 1.807) is 6.20 Å². The molecule has 1 aromatic carbocycles. The van der Waals surface area contributed by atoms with E-state index in [0.717, 1.165) is 22.2 Å². The van der Waals surface area contributed by atoms with Gasteiger partial charge in [-0.3, -0.25) is 4.98 Å². The molecule has 1 aromatic heterocycles. The first kappa shape index (κ1) is 16.7. The molecule has 1 N–H and O–H groups in total. The highest BCUT2D eigenvalue weighted by molar-refractivity contribution is 14.1. The Labute approximate surface area is 147 Å². The van der Waals surface area contributed by atoms with Gasteiger partial charge in [0, 0.05) is 14.2 Å². The number of hydrogen-bond acceptors (Lipinski definition) is 3. The summed E-state index contributed by atoms with van der Waals surface area (Å²) in [6.07, 6.45) is 4.63. The van der Waals surface area contributed by atoms with Crippen LogP contribution in [0, 0.1) is 3.57 Å². The van der Waals surface area contributed by atoms with Crippen molar-refractivity contribution in [2.24, 2.45) is 0 Å². The standard InChI is InChI=1S/C16H18BrIN2O/c1-3-6-21-13-7-11(9-20-10-13)16(19-2)14-8-12(18)4-5-15(14)17/h4-5,7-10,16,19H,3,6H2,1-2H3. The van der Waals surface area contributed by atoms with Crippen LogP contribution in [0.5, 0.6) is 5.75 Å². The first-order valence-corrected chi connectivity index (χ1v) is 8.72. The molecular weight excluding hydrogens is 443 g/mol. The maximum Gasteiger partial charge on any atom is 0.137 e. The van der Waals surface area contributed by atoms with E-state index in [-0.39, 0.29) is 6.04 Å². The maximum absolute atomic E-state index is 5.68. The lowest BCUT2D eigenvalue weighted by Crippen LogP contribution is -2.18. The summed E-state index contributed by atoms with van der Waals surface area (Å²) in [7, 11) is 1.95. The van der Waals surface area contributed by atoms with Crippen LogP contribution in [-0.4, -0.2) is 18.6 Å². The Morgan fingerprint density at radius 3 is 2.86 bits per heavy atom. The van der Waals surface area contributed by atoms with E-state index >= 15 is 0 Å². The van der Waals surface area contributed by atoms with Crippen molar-refractivity contribution in [2.45, 2.75) is 19.4 Å². The van der Waals surface area contributed by atoms with E-state index < -0.39 is 0 Å². The topological polar surface area (TPSA) is 34.1 Å². The molecule has 0 aliphatic heterocycles. The minimum Gasteiger partial charge on any atom is -0.492 e. The zero-order chi connectivity index (χ0) is 15.2. The van der Waals surface area contributed by atoms with Gasteiger partial charge in [0.05, 0.1) is 18.8 Å². The highest BCUT2D eigenvalue weighted by atomic mass is 127. The molecule has 0 aliphatic rings. The lowest BCUT2D eigenvalue weighted by atomic mass is 10.0. The maximum atomic E-state index is 5.68. The number of aromatic nitrogens is 1. The van der Waals surface area contributed by atoms with Crippen LogP contribution in [0.1, 0.15) is 30.5 Å². The molecule has 5 heteroatoms. The molecule has 3 nitrogen and oxygen atoms in total. The third kappa shape index (κ3) is 4.40. The molecule has 0 saturated carbocycles. The number of benzene rings is 1. The van der Waals surface area contributed by atoms with Crippen LogP contribution in [0.3, 0.4) is 0 Å². The first-order chi connectivity index (χ1) is 10.2. The zero-order valence-electron chi connectivity index (χ0n) is 12.1. The normalized spacial score (nSPS) is 12.2. The van der Waals surface area contributed by atoms with E-state index in [4.69, 9.17) is 4.74 Å². The van der Waals surface area contributed by atoms with Crippen molar-refractivity contribution in [2.75, 3.05) is 13.7 Å². The van der Waals surface area contributed by atoms with Crippen molar-refractivity contribution in [1.29, 1.82) is 0 Å². The highest BCUT2D eigenvalue weighted by Crippen LogP contribution is 2.30. The number of nitrogens with one attached hydrogen (secondary N) is 1. The van der Waals surface area contributed by atoms with Crippen LogP contribution in [0.25, 0.3) is 0 Å². The molecule has 21 heavy (non-hydrogen) atoms. The molecule has 0 saturated heterocycles. The van der Waals surface area contributed by atoms with Gasteiger partial charge in [-0.2, -0.15) is 0 Å². The van der Waals surface area contributed by atoms with Gasteiger partial charge < -0.3 is 10.1 Å². The van der Waals surface area contributed by atoms with Crippen LogP contribution >= 0.6 is 38.5 Å². The summed E-state index contributed by atoms with van der Waals surface area (Å²) in [5, 5.41) is 3.36. The molecule has 1 heterocycles. The molecule has 2 aromatic rings. The molecule has 0 radical (unpaired) electrons. The van der Waals surface area contributed by atoms with Gasteiger partial charge in [-0.05, 0) is 71.5 Å². The summed E-state index contributed by atoms with van der Waals surface area (Å²) in [6, 6.07) is 8.46. The predicted octanol–water partition coefficient (Wildman–Crippen LogP) is 4.55. The molecule has 112 valence electrons. The SMILES string of the molecule is CCCOc1cncc(C(NC)c2cc(I)ccc2Br)c1. The van der Waals surface area contributed by atoms with Crippen molar-refractivity contribution in [3.8, 4) is 5.75 Å². The summed E-state index contributed by atoms with van der Waals surface area (Å²) in [4.78, 5) is 4.30. The number of nitrogens with zero attached hydrogens (tertiary/aromatic N) is 1. The molecule has 1 unspecified atom stereocenters. The minimum absolute atomic E-state index is 0.0757. The Kier molecular flexibility index (Phi) is 6.44. The van der Waals surface area contributed by atoms with Gasteiger partial charge in [-0.1, -0.05) is 22.9 Å². The van der Waals surface area contributed by atoms with E-state index in [9.17, 15) is 0 Å². The molecule has 0 fully saturated rings. The zero-order valence-corrected chi connectivity index (χ0v) is 15.8. The Hall–Kier alpha value is -0.660. The second-order valence-corrected chi connectivity index (χ2v) is 6.79. The van der Waals surface area contributed by atoms with E-state index in [1.807, 2.05) is 13.2 Å². The van der Waals surface area contributed by atoms with Crippen molar-refractivity contribution < 1.29 is 4.74 Å². The molecule has 1 atom stereocenters. The molecule has 0 aliphatic carbocycles. The third-order valence-corrected chi connectivity index (χ3v) is 4.49. The monoisotopic (exact) mass is 460 g/mol. The number of ether oxygens (including phenoxy) is 1. The predicted molar refractivity (Wildman–Crippen MR) is 97.8 cm³/mol. The van der Waals surface area contributed by atoms with Gasteiger partial charge in [-0.25, -0.2) is 0 Å². The summed E-state index contributed by atoms with van der Waals surface area (Å²) in [6.45, 7) is 2.80. The molecule has 0 spiro atoms. The Bertz CT molecular complexity index is 607. The van der Waals surface area contributed by atoms with E-state index in [1.165, 1.54) is 9.13 Å². The van der Waals surface area contributed by atoms with Crippen LogP contribution in [-0.2, 0) is 0 Å². The average molecular weight is 461 g/mol. The molecule has 2 rings (SSSR count). The fraction of sp³-hybridized carbons (Fsp3) is 0.312. The van der Waals surface area contributed by atoms with Crippen molar-refractivity contribution in [3.63, 3.8) is 0 Å². The van der Waals surface area contributed by atoms with Crippen LogP contribution in [0.4, 0.5) is 0 Å². The average Bonchev–Trinajstić information content (AvgIpc) is 2.50. The number of halogens is 2. The quantitative estimate of drug-likeness (QED) is 0.642. The molecule has 0 bridgehead atoms. The summed E-state index contributed by atoms with van der Waals surface area (Å²) in [5.74, 6) is 0.816. The Morgan fingerprint density at radius 2 is 2.14 bits per heavy atom. The second-order valence-electron chi connectivity index (χ2n) is 4.69. The van der Waals surface area contributed by atoms with Crippen LogP contribution in [0.2, 0.25) is 0 Å². The number of pyridine rings is 1. The Morgan fingerprint density at radius 1 is 1.33 bits per heavy atom. The van der Waals surface area contributed by atoms with E-state index in [2.05, 4.69) is 80.0 Å². The second kappa shape index (κ2) is 8.10. The fourth-order valence-electron chi connectivity index (χ4n) is 2.13. The van der Waals surface area contributed by atoms with Crippen LogP contribution in [0.15, 0.2) is 41.1 Å². The van der Waals surface area contributed by atoms with Gasteiger partial charge in [0.2, 0.25) is 0 Å². The Balaban J connectivity index is 2.34. The highest BCUT2D eigenvalue weighted by Gasteiger charge is 2.16. The largest absolute Gasteiger partial charge is 0.492 e. The summed E-state index contributed by atoms with van der Waals surface area (Å²) < 4.78 is 7.97. The van der Waals surface area contributed by atoms with Crippen molar-refractivity contribution >= 4 is 38.5 Å². The third-order valence-electron chi connectivity index (χ3n) is 3.10. The molecular formula is C16H18BrIN2O. The lowest BCUT2D eigenvalue weighted by Gasteiger charge is -2.19. The van der Waals surface area contributed by atoms with Gasteiger partial charge in [0.15, 0.2) is 0 Å². The van der Waals surface area contributed by atoms with Crippen LogP contribution < -0.4 is 10.1 Å². The van der Waals surface area contributed by atoms with Gasteiger partial charge in [0.25, 0.3) is 0 Å². The summed E-state index contributed by atoms with van der Waals surface area (Å²) >= 11 is 5.96. The van der Waals surface area contributed by atoms with Gasteiger partial charge >= 0.3 is 0 Å². The number of hydrogen-bond donors (Lipinski definition) is 1. The van der Waals surface area contributed by atoms with E-state index in [0.29, 0.717) is 6.61 Å². The van der Waals surface area contributed by atoms with Crippen molar-refractivity contribution in [1.82, 2.24) is 10.3 Å². The molecule has 0 amide bonds. The van der Waals surface area contributed by atoms with Gasteiger partial charge in [0.1, 0.15) is 5.75 Å². The lowest BCUT2D eigenvalue weighted by molar-refractivity contribution is 0.315. The number of rotatable bonds is 6. The first-order valence-electron chi connectivity index (χ1n) is 6.85. The minimum atomic E-state index is 0.0757. The van der Waals surface area contributed by atoms with Gasteiger partial charge in [-0.15, -0.1) is 0 Å². The summed E-state index contributed by atoms with van der Waals surface area (Å²) in [5.41, 5.74) is 2.28. The van der Waals surface area contributed by atoms with Crippen molar-refractivity contribution in [3.05, 3.63) is 55.8 Å². The smallest absolute Gasteiger partial charge is 0.137 e. The fourth-order valence-corrected chi connectivity index (χ4v) is 3.12.